The normalized spacial score (nSPS) is 15.3. The Balaban J connectivity index is 2.67. The Morgan fingerprint density at radius 1 is 1.62 bits per heavy atom. The van der Waals surface area contributed by atoms with Gasteiger partial charge in [-0.2, -0.15) is 0 Å². The predicted octanol–water partition coefficient (Wildman–Crippen LogP) is 0.895. The number of rotatable bonds is 4. The molecule has 1 rings (SSSR count). The van der Waals surface area contributed by atoms with E-state index in [1.165, 1.54) is 0 Å². The van der Waals surface area contributed by atoms with Gasteiger partial charge >= 0.3 is 0 Å². The lowest BCUT2D eigenvalue weighted by molar-refractivity contribution is 0.175. The van der Waals surface area contributed by atoms with E-state index in [4.69, 9.17) is 5.73 Å². The van der Waals surface area contributed by atoms with E-state index >= 15 is 0 Å². The monoisotopic (exact) mass is 180 g/mol. The van der Waals surface area contributed by atoms with Crippen molar-refractivity contribution in [3.05, 3.63) is 30.1 Å². The maximum absolute atomic E-state index is 9.24. The molecule has 1 heterocycles. The second-order valence-electron chi connectivity index (χ2n) is 3.30. The molecule has 2 atom stereocenters. The summed E-state index contributed by atoms with van der Waals surface area (Å²) in [4.78, 5) is 4.02. The first kappa shape index (κ1) is 10.2. The minimum atomic E-state index is -0.311. The maximum atomic E-state index is 9.24. The van der Waals surface area contributed by atoms with Crippen molar-refractivity contribution in [3.63, 3.8) is 0 Å². The van der Waals surface area contributed by atoms with Gasteiger partial charge in [0.1, 0.15) is 0 Å². The number of hydrogen-bond donors (Lipinski definition) is 2. The van der Waals surface area contributed by atoms with E-state index in [1.807, 2.05) is 12.1 Å². The zero-order valence-electron chi connectivity index (χ0n) is 7.85. The number of pyridine rings is 1. The van der Waals surface area contributed by atoms with Gasteiger partial charge in [0.25, 0.3) is 0 Å². The van der Waals surface area contributed by atoms with Crippen molar-refractivity contribution in [1.29, 1.82) is 0 Å². The Morgan fingerprint density at radius 2 is 2.38 bits per heavy atom. The molecule has 0 radical (unpaired) electrons. The van der Waals surface area contributed by atoms with Crippen LogP contribution in [0.25, 0.3) is 0 Å². The second-order valence-corrected chi connectivity index (χ2v) is 3.30. The molecule has 0 bridgehead atoms. The van der Waals surface area contributed by atoms with Crippen LogP contribution in [0.5, 0.6) is 0 Å². The molecular formula is C10H16N2O. The standard InChI is InChI=1S/C10H16N2O/c1-8(13)5-10(6-11)9-3-2-4-12-7-9/h2-4,7-8,10,13H,5-6,11H2,1H3. The molecule has 0 fully saturated rings. The summed E-state index contributed by atoms with van der Waals surface area (Å²) in [5, 5.41) is 9.24. The van der Waals surface area contributed by atoms with E-state index < -0.39 is 0 Å². The fourth-order valence-electron chi connectivity index (χ4n) is 1.40. The van der Waals surface area contributed by atoms with E-state index in [0.29, 0.717) is 13.0 Å². The average molecular weight is 180 g/mol. The van der Waals surface area contributed by atoms with Gasteiger partial charge in [-0.05, 0) is 31.5 Å². The minimum absolute atomic E-state index is 0.216. The highest BCUT2D eigenvalue weighted by molar-refractivity contribution is 5.15. The van der Waals surface area contributed by atoms with Crippen LogP contribution in [0.2, 0.25) is 0 Å². The highest BCUT2D eigenvalue weighted by Gasteiger charge is 2.11. The Kier molecular flexibility index (Phi) is 3.86. The van der Waals surface area contributed by atoms with Gasteiger partial charge in [-0.1, -0.05) is 6.07 Å². The van der Waals surface area contributed by atoms with Gasteiger partial charge in [0.05, 0.1) is 6.10 Å². The Labute approximate surface area is 78.6 Å². The van der Waals surface area contributed by atoms with Crippen LogP contribution in [0.1, 0.15) is 24.8 Å². The van der Waals surface area contributed by atoms with Crippen molar-refractivity contribution < 1.29 is 5.11 Å². The first-order valence-electron chi connectivity index (χ1n) is 4.52. The van der Waals surface area contributed by atoms with Crippen LogP contribution in [0.4, 0.5) is 0 Å². The van der Waals surface area contributed by atoms with Crippen molar-refractivity contribution in [1.82, 2.24) is 4.98 Å². The molecule has 2 unspecified atom stereocenters. The SMILES string of the molecule is CC(O)CC(CN)c1cccnc1. The topological polar surface area (TPSA) is 59.1 Å². The molecule has 0 saturated heterocycles. The quantitative estimate of drug-likeness (QED) is 0.723. The number of hydrogen-bond acceptors (Lipinski definition) is 3. The summed E-state index contributed by atoms with van der Waals surface area (Å²) >= 11 is 0. The van der Waals surface area contributed by atoms with Crippen LogP contribution in [0, 0.1) is 0 Å². The Bertz CT molecular complexity index is 236. The zero-order chi connectivity index (χ0) is 9.68. The molecule has 3 heteroatoms. The molecule has 0 amide bonds. The van der Waals surface area contributed by atoms with E-state index in [0.717, 1.165) is 5.56 Å². The zero-order valence-corrected chi connectivity index (χ0v) is 7.85. The van der Waals surface area contributed by atoms with Gasteiger partial charge in [-0.3, -0.25) is 4.98 Å². The van der Waals surface area contributed by atoms with Crippen molar-refractivity contribution in [2.75, 3.05) is 6.54 Å². The fraction of sp³-hybridized carbons (Fsp3) is 0.500. The summed E-state index contributed by atoms with van der Waals surface area (Å²) in [5.41, 5.74) is 6.72. The van der Waals surface area contributed by atoms with E-state index in [-0.39, 0.29) is 12.0 Å². The molecule has 0 saturated carbocycles. The Hall–Kier alpha value is -0.930. The third-order valence-corrected chi connectivity index (χ3v) is 2.07. The number of aliphatic hydroxyl groups is 1. The molecule has 0 spiro atoms. The van der Waals surface area contributed by atoms with Crippen LogP contribution in [-0.2, 0) is 0 Å². The molecule has 72 valence electrons. The average Bonchev–Trinajstić information content (AvgIpc) is 2.15. The smallest absolute Gasteiger partial charge is 0.0518 e. The molecular weight excluding hydrogens is 164 g/mol. The molecule has 0 aliphatic carbocycles. The maximum Gasteiger partial charge on any atom is 0.0518 e. The lowest BCUT2D eigenvalue weighted by Crippen LogP contribution is -2.17. The molecule has 1 aromatic rings. The number of nitrogens with two attached hydrogens (primary N) is 1. The lowest BCUT2D eigenvalue weighted by Gasteiger charge is -2.15. The number of nitrogens with zero attached hydrogens (tertiary/aromatic N) is 1. The minimum Gasteiger partial charge on any atom is -0.393 e. The van der Waals surface area contributed by atoms with Gasteiger partial charge in [-0.25, -0.2) is 0 Å². The Morgan fingerprint density at radius 3 is 2.85 bits per heavy atom. The highest BCUT2D eigenvalue weighted by Crippen LogP contribution is 2.18. The van der Waals surface area contributed by atoms with Crippen molar-refractivity contribution in [3.8, 4) is 0 Å². The van der Waals surface area contributed by atoms with Gasteiger partial charge < -0.3 is 10.8 Å². The van der Waals surface area contributed by atoms with Gasteiger partial charge in [0.15, 0.2) is 0 Å². The first-order valence-corrected chi connectivity index (χ1v) is 4.52. The van der Waals surface area contributed by atoms with Crippen molar-refractivity contribution in [2.24, 2.45) is 5.73 Å². The lowest BCUT2D eigenvalue weighted by atomic mass is 9.95. The van der Waals surface area contributed by atoms with Gasteiger partial charge in [0, 0.05) is 18.3 Å². The first-order chi connectivity index (χ1) is 6.24. The van der Waals surface area contributed by atoms with Crippen molar-refractivity contribution in [2.45, 2.75) is 25.4 Å². The summed E-state index contributed by atoms with van der Waals surface area (Å²) in [6.45, 7) is 2.33. The molecule has 0 aliphatic heterocycles. The third-order valence-electron chi connectivity index (χ3n) is 2.07. The van der Waals surface area contributed by atoms with Crippen LogP contribution in [0.3, 0.4) is 0 Å². The summed E-state index contributed by atoms with van der Waals surface area (Å²) in [7, 11) is 0. The predicted molar refractivity (Wildman–Crippen MR) is 52.3 cm³/mol. The van der Waals surface area contributed by atoms with Crippen LogP contribution < -0.4 is 5.73 Å². The molecule has 0 aliphatic rings. The van der Waals surface area contributed by atoms with Crippen LogP contribution in [0.15, 0.2) is 24.5 Å². The van der Waals surface area contributed by atoms with Gasteiger partial charge in [0.2, 0.25) is 0 Å². The number of aliphatic hydroxyl groups excluding tert-OH is 1. The molecule has 13 heavy (non-hydrogen) atoms. The summed E-state index contributed by atoms with van der Waals surface area (Å²) in [6, 6.07) is 3.88. The van der Waals surface area contributed by atoms with E-state index in [1.54, 1.807) is 19.3 Å². The molecule has 3 nitrogen and oxygen atoms in total. The fourth-order valence-corrected chi connectivity index (χ4v) is 1.40. The molecule has 0 aromatic carbocycles. The van der Waals surface area contributed by atoms with Crippen molar-refractivity contribution >= 4 is 0 Å². The van der Waals surface area contributed by atoms with Crippen LogP contribution >= 0.6 is 0 Å². The van der Waals surface area contributed by atoms with Gasteiger partial charge in [-0.15, -0.1) is 0 Å². The van der Waals surface area contributed by atoms with E-state index in [9.17, 15) is 5.11 Å². The second kappa shape index (κ2) is 4.94. The molecule has 3 N–H and O–H groups in total. The summed E-state index contributed by atoms with van der Waals surface area (Å²) in [5.74, 6) is 0.216. The number of aromatic nitrogens is 1. The largest absolute Gasteiger partial charge is 0.393 e. The summed E-state index contributed by atoms with van der Waals surface area (Å²) < 4.78 is 0. The summed E-state index contributed by atoms with van der Waals surface area (Å²) in [6.07, 6.45) is 3.93. The highest BCUT2D eigenvalue weighted by atomic mass is 16.3. The van der Waals surface area contributed by atoms with E-state index in [2.05, 4.69) is 4.98 Å². The van der Waals surface area contributed by atoms with Crippen LogP contribution in [-0.4, -0.2) is 22.7 Å². The third kappa shape index (κ3) is 3.13. The molecule has 1 aromatic heterocycles.